The van der Waals surface area contributed by atoms with Gasteiger partial charge >= 0.3 is 0 Å². The first kappa shape index (κ1) is 14.4. The molecule has 1 heterocycles. The van der Waals surface area contributed by atoms with Crippen molar-refractivity contribution in [1.82, 2.24) is 0 Å². The molecular formula is C19H15FO2. The van der Waals surface area contributed by atoms with Crippen molar-refractivity contribution in [2.45, 2.75) is 0 Å². The molecule has 1 saturated heterocycles. The lowest BCUT2D eigenvalue weighted by molar-refractivity contribution is -0.114. The number of hydrogen-bond acceptors (Lipinski definition) is 2. The van der Waals surface area contributed by atoms with Gasteiger partial charge in [-0.2, -0.15) is 0 Å². The minimum Gasteiger partial charge on any atom is -0.372 e. The zero-order chi connectivity index (χ0) is 15.4. The summed E-state index contributed by atoms with van der Waals surface area (Å²) in [4.78, 5) is 12.5. The van der Waals surface area contributed by atoms with Gasteiger partial charge in [-0.1, -0.05) is 48.5 Å². The number of benzene rings is 2. The standard InChI is InChI=1S/C19H15FO2/c20-18-9-5-4-8-15(18)11-17-13-22-12-16(19(17)21)10-14-6-2-1-3-7-14/h1-11H,12-13H2/b16-10+,17-11+. The molecule has 2 nitrogen and oxygen atoms in total. The van der Waals surface area contributed by atoms with Gasteiger partial charge in [0.25, 0.3) is 0 Å². The first-order valence-corrected chi connectivity index (χ1v) is 7.07. The van der Waals surface area contributed by atoms with Crippen LogP contribution in [-0.4, -0.2) is 19.0 Å². The molecule has 3 rings (SSSR count). The Morgan fingerprint density at radius 3 is 2.23 bits per heavy atom. The molecular weight excluding hydrogens is 279 g/mol. The maximum atomic E-state index is 13.7. The molecule has 2 aromatic rings. The molecule has 1 aliphatic rings. The number of halogens is 1. The minimum atomic E-state index is -0.345. The fourth-order valence-electron chi connectivity index (χ4n) is 2.35. The molecule has 0 bridgehead atoms. The topological polar surface area (TPSA) is 26.3 Å². The number of Topliss-reactive ketones (excluding diaryl/α,β-unsaturated/α-hetero) is 1. The average Bonchev–Trinajstić information content (AvgIpc) is 2.54. The zero-order valence-electron chi connectivity index (χ0n) is 12.0. The van der Waals surface area contributed by atoms with Crippen LogP contribution in [0.4, 0.5) is 4.39 Å². The first-order chi connectivity index (χ1) is 10.7. The highest BCUT2D eigenvalue weighted by atomic mass is 19.1. The van der Waals surface area contributed by atoms with Gasteiger partial charge in [0, 0.05) is 16.7 Å². The van der Waals surface area contributed by atoms with E-state index in [1.165, 1.54) is 6.07 Å². The normalized spacial score (nSPS) is 18.9. The van der Waals surface area contributed by atoms with Crippen LogP contribution in [0.25, 0.3) is 12.2 Å². The van der Waals surface area contributed by atoms with Gasteiger partial charge in [-0.25, -0.2) is 4.39 Å². The maximum absolute atomic E-state index is 13.7. The van der Waals surface area contributed by atoms with Gasteiger partial charge in [0.2, 0.25) is 0 Å². The van der Waals surface area contributed by atoms with E-state index in [9.17, 15) is 9.18 Å². The van der Waals surface area contributed by atoms with Crippen LogP contribution >= 0.6 is 0 Å². The second-order valence-electron chi connectivity index (χ2n) is 5.09. The van der Waals surface area contributed by atoms with Crippen LogP contribution in [0.3, 0.4) is 0 Å². The van der Waals surface area contributed by atoms with Crippen LogP contribution in [0.1, 0.15) is 11.1 Å². The third-order valence-corrected chi connectivity index (χ3v) is 3.47. The van der Waals surface area contributed by atoms with Gasteiger partial charge in [-0.05, 0) is 23.8 Å². The van der Waals surface area contributed by atoms with Crippen molar-refractivity contribution in [1.29, 1.82) is 0 Å². The lowest BCUT2D eigenvalue weighted by Crippen LogP contribution is -2.22. The third kappa shape index (κ3) is 3.21. The van der Waals surface area contributed by atoms with E-state index in [4.69, 9.17) is 4.74 Å². The van der Waals surface area contributed by atoms with E-state index in [-0.39, 0.29) is 24.8 Å². The third-order valence-electron chi connectivity index (χ3n) is 3.47. The molecule has 0 radical (unpaired) electrons. The predicted octanol–water partition coefficient (Wildman–Crippen LogP) is 3.89. The minimum absolute atomic E-state index is 0.0849. The summed E-state index contributed by atoms with van der Waals surface area (Å²) in [5.41, 5.74) is 2.40. The van der Waals surface area contributed by atoms with Gasteiger partial charge in [0.05, 0.1) is 13.2 Å². The van der Waals surface area contributed by atoms with Crippen molar-refractivity contribution in [2.24, 2.45) is 0 Å². The highest BCUT2D eigenvalue weighted by molar-refractivity contribution is 6.14. The Kier molecular flexibility index (Phi) is 4.26. The zero-order valence-corrected chi connectivity index (χ0v) is 12.0. The molecule has 0 amide bonds. The summed E-state index contributed by atoms with van der Waals surface area (Å²) in [6, 6.07) is 16.0. The van der Waals surface area contributed by atoms with Gasteiger partial charge in [-0.3, -0.25) is 4.79 Å². The van der Waals surface area contributed by atoms with Gasteiger partial charge in [0.1, 0.15) is 5.82 Å². The largest absolute Gasteiger partial charge is 0.372 e. The summed E-state index contributed by atoms with van der Waals surface area (Å²) in [5.74, 6) is -0.430. The van der Waals surface area contributed by atoms with Crippen LogP contribution in [0.15, 0.2) is 65.7 Å². The number of ether oxygens (including phenoxy) is 1. The summed E-state index contributed by atoms with van der Waals surface area (Å²) in [6.45, 7) is 0.488. The summed E-state index contributed by atoms with van der Waals surface area (Å²) >= 11 is 0. The van der Waals surface area contributed by atoms with E-state index in [1.54, 1.807) is 24.3 Å². The van der Waals surface area contributed by atoms with E-state index < -0.39 is 0 Å². The molecule has 0 aromatic heterocycles. The summed E-state index contributed by atoms with van der Waals surface area (Å²) < 4.78 is 19.2. The van der Waals surface area contributed by atoms with Crippen molar-refractivity contribution in [3.63, 3.8) is 0 Å². The van der Waals surface area contributed by atoms with Crippen LogP contribution in [0.2, 0.25) is 0 Å². The molecule has 110 valence electrons. The summed E-state index contributed by atoms with van der Waals surface area (Å²) in [6.07, 6.45) is 3.38. The highest BCUT2D eigenvalue weighted by Gasteiger charge is 2.21. The predicted molar refractivity (Wildman–Crippen MR) is 84.6 cm³/mol. The van der Waals surface area contributed by atoms with Gasteiger partial charge in [-0.15, -0.1) is 0 Å². The summed E-state index contributed by atoms with van der Waals surface area (Å²) in [7, 11) is 0. The van der Waals surface area contributed by atoms with Crippen molar-refractivity contribution in [2.75, 3.05) is 13.2 Å². The Morgan fingerprint density at radius 2 is 1.50 bits per heavy atom. The van der Waals surface area contributed by atoms with E-state index in [0.717, 1.165) is 5.56 Å². The Balaban J connectivity index is 1.90. The highest BCUT2D eigenvalue weighted by Crippen LogP contribution is 2.21. The average molecular weight is 294 g/mol. The van der Waals surface area contributed by atoms with Crippen molar-refractivity contribution in [3.8, 4) is 0 Å². The number of carbonyl (C=O) groups is 1. The molecule has 0 aliphatic carbocycles. The van der Waals surface area contributed by atoms with Crippen LogP contribution in [0, 0.1) is 5.82 Å². The Hall–Kier alpha value is -2.52. The fraction of sp³-hybridized carbons (Fsp3) is 0.105. The van der Waals surface area contributed by atoms with Crippen LogP contribution in [0.5, 0.6) is 0 Å². The van der Waals surface area contributed by atoms with E-state index >= 15 is 0 Å². The molecule has 0 spiro atoms. The maximum Gasteiger partial charge on any atom is 0.189 e. The van der Waals surface area contributed by atoms with E-state index in [0.29, 0.717) is 16.7 Å². The number of ketones is 1. The van der Waals surface area contributed by atoms with Crippen LogP contribution < -0.4 is 0 Å². The summed E-state index contributed by atoms with van der Waals surface area (Å²) in [5, 5.41) is 0. The van der Waals surface area contributed by atoms with Crippen LogP contribution in [-0.2, 0) is 9.53 Å². The quantitative estimate of drug-likeness (QED) is 0.785. The van der Waals surface area contributed by atoms with Crippen molar-refractivity contribution < 1.29 is 13.9 Å². The monoisotopic (exact) mass is 294 g/mol. The van der Waals surface area contributed by atoms with E-state index in [2.05, 4.69) is 0 Å². The molecule has 0 saturated carbocycles. The lowest BCUT2D eigenvalue weighted by atomic mass is 9.98. The van der Waals surface area contributed by atoms with Crippen molar-refractivity contribution in [3.05, 3.63) is 82.7 Å². The number of carbonyl (C=O) groups excluding carboxylic acids is 1. The molecule has 22 heavy (non-hydrogen) atoms. The van der Waals surface area contributed by atoms with E-state index in [1.807, 2.05) is 36.4 Å². The Morgan fingerprint density at radius 1 is 0.864 bits per heavy atom. The van der Waals surface area contributed by atoms with Gasteiger partial charge < -0.3 is 4.74 Å². The SMILES string of the molecule is O=C1/C(=C/c2ccccc2)COC/C1=C\c1ccccc1F. The molecule has 0 N–H and O–H groups in total. The molecule has 2 aromatic carbocycles. The second-order valence-corrected chi connectivity index (χ2v) is 5.09. The number of hydrogen-bond donors (Lipinski definition) is 0. The number of rotatable bonds is 2. The molecule has 0 unspecified atom stereocenters. The smallest absolute Gasteiger partial charge is 0.189 e. The molecule has 3 heteroatoms. The molecule has 0 atom stereocenters. The molecule has 1 fully saturated rings. The first-order valence-electron chi connectivity index (χ1n) is 7.07. The fourth-order valence-corrected chi connectivity index (χ4v) is 2.35. The second kappa shape index (κ2) is 6.50. The Bertz CT molecular complexity index is 745. The Labute approximate surface area is 128 Å². The lowest BCUT2D eigenvalue weighted by Gasteiger charge is -2.17. The van der Waals surface area contributed by atoms with Gasteiger partial charge in [0.15, 0.2) is 5.78 Å². The molecule has 1 aliphatic heterocycles. The van der Waals surface area contributed by atoms with Crippen molar-refractivity contribution >= 4 is 17.9 Å².